The van der Waals surface area contributed by atoms with Crippen LogP contribution in [0.2, 0.25) is 0 Å². The maximum absolute atomic E-state index is 13.1. The molecule has 0 atom stereocenters. The molecule has 0 bridgehead atoms. The van der Waals surface area contributed by atoms with Gasteiger partial charge in [-0.2, -0.15) is 0 Å². The number of fused-ring (bicyclic) bond motifs is 1. The molecule has 0 aromatic heterocycles. The summed E-state index contributed by atoms with van der Waals surface area (Å²) in [4.78, 5) is 27.5. The van der Waals surface area contributed by atoms with Crippen LogP contribution >= 0.6 is 15.9 Å². The van der Waals surface area contributed by atoms with Crippen LogP contribution in [0.1, 0.15) is 38.1 Å². The van der Waals surface area contributed by atoms with Crippen molar-refractivity contribution in [1.82, 2.24) is 0 Å². The molecule has 0 spiro atoms. The highest BCUT2D eigenvalue weighted by Gasteiger charge is 2.38. The fraction of sp³-hybridized carbons (Fsp3) is 0.364. The van der Waals surface area contributed by atoms with E-state index in [9.17, 15) is 9.59 Å². The Kier molecular flexibility index (Phi) is 5.79. The van der Waals surface area contributed by atoms with Crippen molar-refractivity contribution in [2.45, 2.75) is 27.7 Å². The van der Waals surface area contributed by atoms with E-state index in [2.05, 4.69) is 35.1 Å². The fourth-order valence-corrected chi connectivity index (χ4v) is 3.58. The molecule has 5 nitrogen and oxygen atoms in total. The number of hydrogen-bond acceptors (Lipinski definition) is 3. The van der Waals surface area contributed by atoms with Gasteiger partial charge >= 0.3 is 0 Å². The number of halogens is 1. The summed E-state index contributed by atoms with van der Waals surface area (Å²) in [7, 11) is 0. The normalized spacial score (nSPS) is 15.6. The van der Waals surface area contributed by atoms with Crippen molar-refractivity contribution in [2.75, 3.05) is 23.4 Å². The quantitative estimate of drug-likeness (QED) is 0.712. The second-order valence-corrected chi connectivity index (χ2v) is 8.95. The molecular formula is C22H25BrN2O3. The van der Waals surface area contributed by atoms with E-state index in [1.54, 1.807) is 17.0 Å². The predicted molar refractivity (Wildman–Crippen MR) is 115 cm³/mol. The molecule has 1 N–H and O–H groups in total. The lowest BCUT2D eigenvalue weighted by molar-refractivity contribution is -0.127. The van der Waals surface area contributed by atoms with Gasteiger partial charge in [-0.05, 0) is 66.0 Å². The topological polar surface area (TPSA) is 58.6 Å². The summed E-state index contributed by atoms with van der Waals surface area (Å²) in [6, 6.07) is 12.7. The number of anilines is 2. The minimum atomic E-state index is -0.619. The van der Waals surface area contributed by atoms with E-state index in [-0.39, 0.29) is 11.8 Å². The Morgan fingerprint density at radius 3 is 2.64 bits per heavy atom. The fourth-order valence-electron chi connectivity index (χ4n) is 3.11. The molecule has 1 aliphatic heterocycles. The number of ether oxygens (including phenoxy) is 1. The number of carbonyl (C=O) groups excluding carboxylic acids is 2. The van der Waals surface area contributed by atoms with E-state index in [0.717, 1.165) is 4.47 Å². The molecule has 0 aliphatic carbocycles. The van der Waals surface area contributed by atoms with Crippen molar-refractivity contribution in [3.05, 3.63) is 52.5 Å². The highest BCUT2D eigenvalue weighted by molar-refractivity contribution is 9.10. The first-order valence-electron chi connectivity index (χ1n) is 9.34. The lowest BCUT2D eigenvalue weighted by Crippen LogP contribution is -2.43. The molecule has 0 saturated carbocycles. The summed E-state index contributed by atoms with van der Waals surface area (Å²) in [5.41, 5.74) is 1.23. The Morgan fingerprint density at radius 2 is 1.96 bits per heavy atom. The van der Waals surface area contributed by atoms with Crippen molar-refractivity contribution < 1.29 is 14.3 Å². The molecule has 2 aromatic carbocycles. The van der Waals surface area contributed by atoms with Gasteiger partial charge in [-0.3, -0.25) is 9.59 Å². The van der Waals surface area contributed by atoms with Gasteiger partial charge in [0.1, 0.15) is 12.4 Å². The molecule has 148 valence electrons. The van der Waals surface area contributed by atoms with Gasteiger partial charge in [0, 0.05) is 16.7 Å². The van der Waals surface area contributed by atoms with E-state index in [4.69, 9.17) is 4.74 Å². The van der Waals surface area contributed by atoms with Gasteiger partial charge in [0.15, 0.2) is 0 Å². The lowest BCUT2D eigenvalue weighted by atomic mass is 9.92. The molecule has 0 unspecified atom stereocenters. The first-order chi connectivity index (χ1) is 13.2. The van der Waals surface area contributed by atoms with E-state index in [1.165, 1.54) is 0 Å². The zero-order chi connectivity index (χ0) is 20.5. The van der Waals surface area contributed by atoms with E-state index < -0.39 is 5.41 Å². The monoisotopic (exact) mass is 444 g/mol. The van der Waals surface area contributed by atoms with Gasteiger partial charge in [-0.1, -0.05) is 26.0 Å². The van der Waals surface area contributed by atoms with Gasteiger partial charge in [0.25, 0.3) is 5.91 Å². The van der Waals surface area contributed by atoms with Gasteiger partial charge < -0.3 is 15.0 Å². The summed E-state index contributed by atoms with van der Waals surface area (Å²) < 4.78 is 6.65. The van der Waals surface area contributed by atoms with Crippen LogP contribution in [0.4, 0.5) is 11.4 Å². The van der Waals surface area contributed by atoms with Gasteiger partial charge in [0.2, 0.25) is 5.91 Å². The molecule has 2 aromatic rings. The zero-order valence-electron chi connectivity index (χ0n) is 16.6. The summed E-state index contributed by atoms with van der Waals surface area (Å²) in [5.74, 6) is 0.751. The van der Waals surface area contributed by atoms with E-state index >= 15 is 0 Å². The maximum Gasteiger partial charge on any atom is 0.256 e. The van der Waals surface area contributed by atoms with Crippen LogP contribution in [-0.4, -0.2) is 25.0 Å². The van der Waals surface area contributed by atoms with Crippen LogP contribution in [0.5, 0.6) is 5.75 Å². The second kappa shape index (κ2) is 7.95. The number of carbonyl (C=O) groups is 2. The zero-order valence-corrected chi connectivity index (χ0v) is 18.2. The average molecular weight is 445 g/mol. The van der Waals surface area contributed by atoms with Crippen molar-refractivity contribution in [1.29, 1.82) is 0 Å². The predicted octanol–water partition coefficient (Wildman–Crippen LogP) is 5.11. The van der Waals surface area contributed by atoms with Crippen LogP contribution in [-0.2, 0) is 4.79 Å². The molecule has 1 aliphatic rings. The Bertz CT molecular complexity index is 908. The number of rotatable bonds is 4. The van der Waals surface area contributed by atoms with Crippen LogP contribution in [0.25, 0.3) is 0 Å². The molecule has 0 fully saturated rings. The maximum atomic E-state index is 13.1. The first kappa shape index (κ1) is 20.4. The number of benzene rings is 2. The van der Waals surface area contributed by atoms with E-state index in [1.807, 2.05) is 44.2 Å². The molecule has 0 radical (unpaired) electrons. The summed E-state index contributed by atoms with van der Waals surface area (Å²) in [6.07, 6.45) is 0. The Hall–Kier alpha value is -2.34. The number of nitrogens with zero attached hydrogens (tertiary/aromatic N) is 1. The molecule has 28 heavy (non-hydrogen) atoms. The molecule has 3 rings (SSSR count). The lowest BCUT2D eigenvalue weighted by Gasteiger charge is -2.29. The van der Waals surface area contributed by atoms with Crippen LogP contribution in [0.15, 0.2) is 46.9 Å². The number of amides is 2. The largest absolute Gasteiger partial charge is 0.490 e. The van der Waals surface area contributed by atoms with Crippen LogP contribution < -0.4 is 15.0 Å². The Labute approximate surface area is 174 Å². The van der Waals surface area contributed by atoms with Gasteiger partial charge in [-0.25, -0.2) is 0 Å². The first-order valence-corrected chi connectivity index (χ1v) is 10.1. The van der Waals surface area contributed by atoms with Crippen LogP contribution in [0, 0.1) is 11.3 Å². The van der Waals surface area contributed by atoms with Crippen molar-refractivity contribution in [2.24, 2.45) is 11.3 Å². The molecule has 2 amide bonds. The molecule has 0 saturated heterocycles. The third kappa shape index (κ3) is 4.22. The smallest absolute Gasteiger partial charge is 0.256 e. The summed E-state index contributed by atoms with van der Waals surface area (Å²) in [5, 5.41) is 2.92. The SMILES string of the molecule is CC(C)CN1C(=O)C(C)(C)COc2ccc(NC(=O)c3ccccc3Br)cc21. The van der Waals surface area contributed by atoms with Crippen molar-refractivity contribution in [3.8, 4) is 5.75 Å². The second-order valence-electron chi connectivity index (χ2n) is 8.10. The summed E-state index contributed by atoms with van der Waals surface area (Å²) in [6.45, 7) is 8.83. The van der Waals surface area contributed by atoms with Crippen molar-refractivity contribution >= 4 is 39.1 Å². The highest BCUT2D eigenvalue weighted by Crippen LogP contribution is 2.38. The Morgan fingerprint density at radius 1 is 1.25 bits per heavy atom. The standard InChI is InChI=1S/C22H25BrN2O3/c1-14(2)12-25-18-11-15(24-20(26)16-7-5-6-8-17(16)23)9-10-19(18)28-13-22(3,4)21(25)27/h5-11,14H,12-13H2,1-4H3,(H,24,26). The number of hydrogen-bond donors (Lipinski definition) is 1. The molecule has 6 heteroatoms. The summed E-state index contributed by atoms with van der Waals surface area (Å²) >= 11 is 3.40. The minimum absolute atomic E-state index is 0.0224. The molecule has 1 heterocycles. The van der Waals surface area contributed by atoms with Gasteiger partial charge in [0.05, 0.1) is 16.7 Å². The third-order valence-electron chi connectivity index (χ3n) is 4.59. The van der Waals surface area contributed by atoms with Crippen LogP contribution in [0.3, 0.4) is 0 Å². The number of nitrogens with one attached hydrogen (secondary N) is 1. The van der Waals surface area contributed by atoms with Crippen molar-refractivity contribution in [3.63, 3.8) is 0 Å². The Balaban J connectivity index is 1.95. The van der Waals surface area contributed by atoms with E-state index in [0.29, 0.717) is 41.8 Å². The molecular weight excluding hydrogens is 420 g/mol. The third-order valence-corrected chi connectivity index (χ3v) is 5.28. The highest BCUT2D eigenvalue weighted by atomic mass is 79.9. The minimum Gasteiger partial charge on any atom is -0.490 e. The average Bonchev–Trinajstić information content (AvgIpc) is 2.72. The van der Waals surface area contributed by atoms with Gasteiger partial charge in [-0.15, -0.1) is 0 Å².